The van der Waals surface area contributed by atoms with Crippen LogP contribution in [0.15, 0.2) is 24.5 Å². The summed E-state index contributed by atoms with van der Waals surface area (Å²) >= 11 is 0. The van der Waals surface area contributed by atoms with Gasteiger partial charge in [0.1, 0.15) is 11.3 Å². The van der Waals surface area contributed by atoms with Gasteiger partial charge in [-0.2, -0.15) is 5.10 Å². The molecule has 29 heavy (non-hydrogen) atoms. The first-order chi connectivity index (χ1) is 14.2. The zero-order valence-corrected chi connectivity index (χ0v) is 16.3. The van der Waals surface area contributed by atoms with E-state index in [4.69, 9.17) is 4.98 Å². The van der Waals surface area contributed by atoms with Crippen molar-refractivity contribution < 1.29 is 5.11 Å². The summed E-state index contributed by atoms with van der Waals surface area (Å²) in [5, 5.41) is 19.4. The summed E-state index contributed by atoms with van der Waals surface area (Å²) in [5.74, 6) is 2.13. The molecular formula is C20H24N8O. The average Bonchev–Trinajstić information content (AvgIpc) is 3.15. The monoisotopic (exact) mass is 392 g/mol. The summed E-state index contributed by atoms with van der Waals surface area (Å²) in [6.45, 7) is -0.0822. The van der Waals surface area contributed by atoms with Crippen molar-refractivity contribution >= 4 is 28.5 Å². The van der Waals surface area contributed by atoms with Crippen LogP contribution in [-0.2, 0) is 6.61 Å². The molecule has 3 aromatic rings. The number of nitrogens with zero attached hydrogens (tertiary/aromatic N) is 6. The molecule has 9 nitrogen and oxygen atoms in total. The number of nitrogens with one attached hydrogen (secondary N) is 2. The lowest BCUT2D eigenvalue weighted by Crippen LogP contribution is -2.74. The van der Waals surface area contributed by atoms with Gasteiger partial charge in [-0.05, 0) is 25.7 Å². The number of aromatic amines is 1. The number of piperidine rings is 2. The van der Waals surface area contributed by atoms with Crippen LogP contribution in [-0.4, -0.2) is 66.4 Å². The van der Waals surface area contributed by atoms with E-state index in [-0.39, 0.29) is 6.61 Å². The summed E-state index contributed by atoms with van der Waals surface area (Å²) in [4.78, 5) is 19.0. The molecule has 3 saturated heterocycles. The fraction of sp³-hybridized carbons (Fsp3) is 0.500. The summed E-state index contributed by atoms with van der Waals surface area (Å²) in [5.41, 5.74) is 2.27. The minimum absolute atomic E-state index is 0.0822. The normalized spacial score (nSPS) is 27.8. The van der Waals surface area contributed by atoms with Crippen molar-refractivity contribution in [3.05, 3.63) is 30.2 Å². The molecule has 150 valence electrons. The molecule has 6 rings (SSSR count). The van der Waals surface area contributed by atoms with Crippen LogP contribution in [0.3, 0.4) is 0 Å². The van der Waals surface area contributed by atoms with E-state index in [1.807, 2.05) is 6.07 Å². The van der Waals surface area contributed by atoms with Crippen LogP contribution in [0.5, 0.6) is 0 Å². The molecular weight excluding hydrogens is 368 g/mol. The van der Waals surface area contributed by atoms with E-state index in [0.29, 0.717) is 23.4 Å². The zero-order chi connectivity index (χ0) is 19.5. The number of hydrogen-bond acceptors (Lipinski definition) is 8. The first-order valence-corrected chi connectivity index (χ1v) is 10.2. The van der Waals surface area contributed by atoms with Crippen LogP contribution in [0.25, 0.3) is 11.0 Å². The lowest BCUT2D eigenvalue weighted by Gasteiger charge is -2.66. The molecule has 0 bridgehead atoms. The summed E-state index contributed by atoms with van der Waals surface area (Å²) in [6, 6.07) is 6.45. The smallest absolute Gasteiger partial charge is 0.159 e. The SMILES string of the molecule is CN(c1nc(Nc2cc(CO)[nH]n2)cc2nccnc12)C1C[C@@H]2CC3C[C@H](C1)N32. The number of aliphatic hydroxyl groups excluding tert-OH is 1. The van der Waals surface area contributed by atoms with Gasteiger partial charge in [0, 0.05) is 55.7 Å². The fourth-order valence-corrected chi connectivity index (χ4v) is 5.38. The Labute approximate surface area is 168 Å². The van der Waals surface area contributed by atoms with E-state index in [1.54, 1.807) is 18.5 Å². The van der Waals surface area contributed by atoms with Crippen molar-refractivity contribution in [3.63, 3.8) is 0 Å². The predicted octanol–water partition coefficient (Wildman–Crippen LogP) is 1.80. The highest BCUT2D eigenvalue weighted by Gasteiger charge is 2.55. The van der Waals surface area contributed by atoms with Gasteiger partial charge in [-0.15, -0.1) is 0 Å². The Hall–Kier alpha value is -2.78. The van der Waals surface area contributed by atoms with E-state index < -0.39 is 0 Å². The van der Waals surface area contributed by atoms with E-state index >= 15 is 0 Å². The summed E-state index contributed by atoms with van der Waals surface area (Å²) < 4.78 is 0. The molecule has 3 aliphatic heterocycles. The number of rotatable bonds is 5. The van der Waals surface area contributed by atoms with Crippen molar-refractivity contribution in [2.75, 3.05) is 17.3 Å². The van der Waals surface area contributed by atoms with Gasteiger partial charge in [0.05, 0.1) is 17.8 Å². The third-order valence-corrected chi connectivity index (χ3v) is 6.82. The Kier molecular flexibility index (Phi) is 3.75. The molecule has 2 unspecified atom stereocenters. The Bertz CT molecular complexity index is 1050. The maximum absolute atomic E-state index is 9.25. The first kappa shape index (κ1) is 17.1. The van der Waals surface area contributed by atoms with Gasteiger partial charge in [-0.3, -0.25) is 15.0 Å². The van der Waals surface area contributed by atoms with E-state index in [2.05, 4.69) is 42.3 Å². The second kappa shape index (κ2) is 6.36. The minimum Gasteiger partial charge on any atom is -0.390 e. The molecule has 3 aromatic heterocycles. The minimum atomic E-state index is -0.0822. The number of aromatic nitrogens is 5. The number of H-pyrrole nitrogens is 1. The molecule has 3 fully saturated rings. The summed E-state index contributed by atoms with van der Waals surface area (Å²) in [6.07, 6.45) is 8.50. The molecule has 0 aliphatic carbocycles. The highest BCUT2D eigenvalue weighted by molar-refractivity contribution is 5.88. The molecule has 4 atom stereocenters. The van der Waals surface area contributed by atoms with Gasteiger partial charge < -0.3 is 15.3 Å². The van der Waals surface area contributed by atoms with Crippen LogP contribution < -0.4 is 10.2 Å². The standard InChI is InChI=1S/C20H24N8O/c1-27(12-5-13-7-15-8-14(6-12)28(13)15)20-19-16(21-2-3-22-19)9-17(24-20)23-18-4-11(10-29)25-26-18/h2-4,9,12-15,29H,5-8,10H2,1H3,(H2,23,24,25,26)/t12?,13-,14+,15?. The lowest BCUT2D eigenvalue weighted by atomic mass is 9.68. The second-order valence-corrected chi connectivity index (χ2v) is 8.43. The third kappa shape index (κ3) is 2.68. The topological polar surface area (TPSA) is 106 Å². The van der Waals surface area contributed by atoms with Gasteiger partial charge in [0.2, 0.25) is 0 Å². The average molecular weight is 392 g/mol. The molecule has 0 saturated carbocycles. The van der Waals surface area contributed by atoms with Gasteiger partial charge in [-0.1, -0.05) is 0 Å². The van der Waals surface area contributed by atoms with E-state index in [1.165, 1.54) is 25.7 Å². The molecule has 6 heterocycles. The van der Waals surface area contributed by atoms with Crippen molar-refractivity contribution in [3.8, 4) is 0 Å². The number of anilines is 3. The molecule has 3 N–H and O–H groups in total. The quantitative estimate of drug-likeness (QED) is 0.604. The Morgan fingerprint density at radius 1 is 1.10 bits per heavy atom. The Morgan fingerprint density at radius 2 is 1.86 bits per heavy atom. The molecule has 3 aliphatic rings. The number of aliphatic hydroxyl groups is 1. The predicted molar refractivity (Wildman–Crippen MR) is 109 cm³/mol. The Balaban J connectivity index is 1.33. The molecule has 0 radical (unpaired) electrons. The van der Waals surface area contributed by atoms with Crippen molar-refractivity contribution in [1.29, 1.82) is 0 Å². The molecule has 0 amide bonds. The van der Waals surface area contributed by atoms with Gasteiger partial charge in [-0.25, -0.2) is 9.97 Å². The van der Waals surface area contributed by atoms with Crippen LogP contribution in [0.1, 0.15) is 31.4 Å². The van der Waals surface area contributed by atoms with Gasteiger partial charge in [0.15, 0.2) is 11.6 Å². The number of fused-ring (bicyclic) bond motifs is 1. The van der Waals surface area contributed by atoms with Crippen LogP contribution >= 0.6 is 0 Å². The van der Waals surface area contributed by atoms with Gasteiger partial charge in [0.25, 0.3) is 0 Å². The maximum atomic E-state index is 9.25. The lowest BCUT2D eigenvalue weighted by molar-refractivity contribution is -0.148. The van der Waals surface area contributed by atoms with E-state index in [0.717, 1.165) is 35.0 Å². The highest BCUT2D eigenvalue weighted by atomic mass is 16.3. The van der Waals surface area contributed by atoms with Crippen molar-refractivity contribution in [1.82, 2.24) is 30.0 Å². The maximum Gasteiger partial charge on any atom is 0.159 e. The molecule has 0 spiro atoms. The molecule has 9 heteroatoms. The van der Waals surface area contributed by atoms with Crippen molar-refractivity contribution in [2.45, 2.75) is 56.5 Å². The van der Waals surface area contributed by atoms with Crippen LogP contribution in [0, 0.1) is 0 Å². The van der Waals surface area contributed by atoms with Crippen LogP contribution in [0.2, 0.25) is 0 Å². The number of pyridine rings is 1. The van der Waals surface area contributed by atoms with Crippen molar-refractivity contribution in [2.24, 2.45) is 0 Å². The van der Waals surface area contributed by atoms with Gasteiger partial charge >= 0.3 is 0 Å². The Morgan fingerprint density at radius 3 is 2.59 bits per heavy atom. The largest absolute Gasteiger partial charge is 0.390 e. The number of hydrogen-bond donors (Lipinski definition) is 3. The third-order valence-electron chi connectivity index (χ3n) is 6.82. The first-order valence-electron chi connectivity index (χ1n) is 10.2. The zero-order valence-electron chi connectivity index (χ0n) is 16.3. The highest BCUT2D eigenvalue weighted by Crippen LogP contribution is 2.49. The van der Waals surface area contributed by atoms with Crippen LogP contribution in [0.4, 0.5) is 17.5 Å². The summed E-state index contributed by atoms with van der Waals surface area (Å²) in [7, 11) is 2.13. The fourth-order valence-electron chi connectivity index (χ4n) is 5.38. The second-order valence-electron chi connectivity index (χ2n) is 8.43. The van der Waals surface area contributed by atoms with E-state index in [9.17, 15) is 5.11 Å². The molecule has 0 aromatic carbocycles.